The molecule has 6 heteroatoms. The highest BCUT2D eigenvalue weighted by Crippen LogP contribution is 2.19. The summed E-state index contributed by atoms with van der Waals surface area (Å²) < 4.78 is 0. The Morgan fingerprint density at radius 3 is 2.28 bits per heavy atom. The molecule has 2 aromatic carbocycles. The summed E-state index contributed by atoms with van der Waals surface area (Å²) in [5, 5.41) is 11.7. The lowest BCUT2D eigenvalue weighted by Gasteiger charge is -2.40. The minimum atomic E-state index is -0.235. The summed E-state index contributed by atoms with van der Waals surface area (Å²) in [7, 11) is 1.59. The number of urea groups is 1. The summed E-state index contributed by atoms with van der Waals surface area (Å²) in [6.45, 7) is 9.43. The number of hydrogen-bond donors (Lipinski definition) is 2. The second-order valence-electron chi connectivity index (χ2n) is 7.54. The number of amides is 3. The molecule has 1 aliphatic heterocycles. The summed E-state index contributed by atoms with van der Waals surface area (Å²) in [6.07, 6.45) is 1.71. The third kappa shape index (κ3) is 8.71. The number of carbonyl (C=O) groups excluding carboxylic acids is 2. The van der Waals surface area contributed by atoms with E-state index in [1.54, 1.807) is 11.9 Å². The number of aryl methyl sites for hydroxylation is 1. The van der Waals surface area contributed by atoms with Crippen LogP contribution in [0.5, 0.6) is 0 Å². The molecule has 2 aromatic rings. The summed E-state index contributed by atoms with van der Waals surface area (Å²) in [4.78, 5) is 26.3. The fourth-order valence-corrected chi connectivity index (χ4v) is 3.15. The zero-order valence-corrected chi connectivity index (χ0v) is 20.2. The van der Waals surface area contributed by atoms with E-state index in [4.69, 9.17) is 5.11 Å². The van der Waals surface area contributed by atoms with Crippen LogP contribution in [0.15, 0.2) is 54.6 Å². The number of aliphatic hydroxyl groups excluding tert-OH is 1. The van der Waals surface area contributed by atoms with E-state index in [0.29, 0.717) is 13.1 Å². The number of nitrogens with one attached hydrogen (secondary N) is 1. The number of rotatable bonds is 6. The van der Waals surface area contributed by atoms with Crippen LogP contribution in [-0.4, -0.2) is 66.2 Å². The van der Waals surface area contributed by atoms with Gasteiger partial charge < -0.3 is 20.2 Å². The van der Waals surface area contributed by atoms with Crippen molar-refractivity contribution in [3.63, 3.8) is 0 Å². The van der Waals surface area contributed by atoms with Gasteiger partial charge in [0.15, 0.2) is 0 Å². The van der Waals surface area contributed by atoms with Crippen molar-refractivity contribution in [3.8, 4) is 11.1 Å². The van der Waals surface area contributed by atoms with Gasteiger partial charge in [0.1, 0.15) is 6.54 Å². The topological polar surface area (TPSA) is 72.9 Å². The van der Waals surface area contributed by atoms with Gasteiger partial charge in [0.05, 0.1) is 12.6 Å². The van der Waals surface area contributed by atoms with Crippen molar-refractivity contribution in [2.45, 2.75) is 46.6 Å². The van der Waals surface area contributed by atoms with Gasteiger partial charge >= 0.3 is 6.03 Å². The molecule has 2 N–H and O–H groups in total. The van der Waals surface area contributed by atoms with Crippen molar-refractivity contribution in [2.75, 3.05) is 33.3 Å². The van der Waals surface area contributed by atoms with E-state index in [9.17, 15) is 9.59 Å². The Bertz CT molecular complexity index is 809. The number of likely N-dealkylation sites (N-methyl/N-ethyl adjacent to an activating group) is 1. The smallest absolute Gasteiger partial charge is 0.317 e. The standard InChI is InChI=1S/C13H12.C11H21N3O3.C2H6/c1-11-6-5-9-13(10-11)12-7-3-2-4-8-12;1-3-5-12-11(17)13(2)7-10(16)14-6-4-9(14)8-15;1-2/h2-10H,1H3;9,15H,3-8H2,1-2H3,(H,12,17);1-2H3/t;9-;/m.0./s1. The molecule has 0 saturated carbocycles. The molecule has 0 unspecified atom stereocenters. The van der Waals surface area contributed by atoms with Crippen LogP contribution in [0.1, 0.15) is 39.2 Å². The minimum Gasteiger partial charge on any atom is -0.394 e. The second-order valence-corrected chi connectivity index (χ2v) is 7.54. The lowest BCUT2D eigenvalue weighted by atomic mass is 10.0. The van der Waals surface area contributed by atoms with Crippen molar-refractivity contribution in [1.82, 2.24) is 15.1 Å². The van der Waals surface area contributed by atoms with Crippen molar-refractivity contribution in [2.24, 2.45) is 0 Å². The molecule has 0 aromatic heterocycles. The first-order valence-electron chi connectivity index (χ1n) is 11.5. The van der Waals surface area contributed by atoms with E-state index in [1.807, 2.05) is 26.8 Å². The van der Waals surface area contributed by atoms with Crippen molar-refractivity contribution >= 4 is 11.9 Å². The Morgan fingerprint density at radius 1 is 1.09 bits per heavy atom. The molecule has 0 bridgehead atoms. The van der Waals surface area contributed by atoms with E-state index in [1.165, 1.54) is 21.6 Å². The van der Waals surface area contributed by atoms with Crippen LogP contribution in [0, 0.1) is 6.92 Å². The van der Waals surface area contributed by atoms with Crippen molar-refractivity contribution < 1.29 is 14.7 Å². The number of likely N-dealkylation sites (tertiary alicyclic amines) is 1. The van der Waals surface area contributed by atoms with E-state index in [2.05, 4.69) is 60.8 Å². The quantitative estimate of drug-likeness (QED) is 0.701. The third-order valence-electron chi connectivity index (χ3n) is 5.05. The summed E-state index contributed by atoms with van der Waals surface area (Å²) in [6, 6.07) is 18.7. The molecule has 0 radical (unpaired) electrons. The Hall–Kier alpha value is -2.86. The average Bonchev–Trinajstić information content (AvgIpc) is 2.79. The molecule has 3 amide bonds. The van der Waals surface area contributed by atoms with Crippen molar-refractivity contribution in [3.05, 3.63) is 60.2 Å². The van der Waals surface area contributed by atoms with E-state index < -0.39 is 0 Å². The molecular formula is C26H39N3O3. The molecule has 1 heterocycles. The van der Waals surface area contributed by atoms with Gasteiger partial charge in [-0.25, -0.2) is 4.79 Å². The van der Waals surface area contributed by atoms with Crippen LogP contribution in [0.2, 0.25) is 0 Å². The van der Waals surface area contributed by atoms with Crippen LogP contribution < -0.4 is 5.32 Å². The Kier molecular flexibility index (Phi) is 12.8. The normalized spacial score (nSPS) is 14.1. The summed E-state index contributed by atoms with van der Waals surface area (Å²) >= 11 is 0. The number of benzene rings is 2. The molecule has 0 spiro atoms. The lowest BCUT2D eigenvalue weighted by molar-refractivity contribution is -0.140. The van der Waals surface area contributed by atoms with Crippen LogP contribution in [-0.2, 0) is 4.79 Å². The van der Waals surface area contributed by atoms with Gasteiger partial charge in [0.25, 0.3) is 0 Å². The molecule has 0 aliphatic carbocycles. The number of carbonyl (C=O) groups is 2. The molecule has 176 valence electrons. The maximum Gasteiger partial charge on any atom is 0.317 e. The zero-order valence-electron chi connectivity index (χ0n) is 20.2. The molecule has 1 saturated heterocycles. The predicted octanol–water partition coefficient (Wildman–Crippen LogP) is 4.32. The lowest BCUT2D eigenvalue weighted by Crippen LogP contribution is -2.56. The number of hydrogen-bond acceptors (Lipinski definition) is 3. The van der Waals surface area contributed by atoms with Crippen LogP contribution in [0.25, 0.3) is 11.1 Å². The number of nitrogens with zero attached hydrogens (tertiary/aromatic N) is 2. The van der Waals surface area contributed by atoms with Crippen molar-refractivity contribution in [1.29, 1.82) is 0 Å². The van der Waals surface area contributed by atoms with Gasteiger partial charge in [-0.2, -0.15) is 0 Å². The molecule has 3 rings (SSSR count). The first-order valence-corrected chi connectivity index (χ1v) is 11.5. The minimum absolute atomic E-state index is 0.00249. The average molecular weight is 442 g/mol. The van der Waals surface area contributed by atoms with Gasteiger partial charge in [-0.3, -0.25) is 4.79 Å². The van der Waals surface area contributed by atoms with E-state index in [0.717, 1.165) is 12.8 Å². The molecule has 1 atom stereocenters. The van der Waals surface area contributed by atoms with Gasteiger partial charge in [-0.1, -0.05) is 80.9 Å². The largest absolute Gasteiger partial charge is 0.394 e. The van der Waals surface area contributed by atoms with Gasteiger partial charge in [-0.05, 0) is 30.9 Å². The van der Waals surface area contributed by atoms with Crippen LogP contribution >= 0.6 is 0 Å². The molecule has 32 heavy (non-hydrogen) atoms. The zero-order chi connectivity index (χ0) is 23.9. The maximum absolute atomic E-state index is 11.8. The highest BCUT2D eigenvalue weighted by atomic mass is 16.3. The van der Waals surface area contributed by atoms with Crippen LogP contribution in [0.3, 0.4) is 0 Å². The SMILES string of the molecule is CC.CCCNC(=O)N(C)CC(=O)N1CC[C@H]1CO.Cc1cccc(-c2ccccc2)c1. The summed E-state index contributed by atoms with van der Waals surface area (Å²) in [5.74, 6) is -0.107. The molecule has 6 nitrogen and oxygen atoms in total. The van der Waals surface area contributed by atoms with Gasteiger partial charge in [0.2, 0.25) is 5.91 Å². The van der Waals surface area contributed by atoms with Gasteiger partial charge in [-0.15, -0.1) is 0 Å². The molecule has 1 fully saturated rings. The Morgan fingerprint density at radius 2 is 1.75 bits per heavy atom. The Balaban J connectivity index is 0.000000305. The molecular weight excluding hydrogens is 402 g/mol. The van der Waals surface area contributed by atoms with Gasteiger partial charge in [0, 0.05) is 20.1 Å². The number of aliphatic hydroxyl groups is 1. The fourth-order valence-electron chi connectivity index (χ4n) is 3.15. The molecule has 1 aliphatic rings. The fraction of sp³-hybridized carbons (Fsp3) is 0.462. The maximum atomic E-state index is 11.8. The monoisotopic (exact) mass is 441 g/mol. The van der Waals surface area contributed by atoms with E-state index >= 15 is 0 Å². The summed E-state index contributed by atoms with van der Waals surface area (Å²) in [5.41, 5.74) is 3.88. The highest BCUT2D eigenvalue weighted by molar-refractivity contribution is 5.84. The van der Waals surface area contributed by atoms with Crippen LogP contribution in [0.4, 0.5) is 4.79 Å². The van der Waals surface area contributed by atoms with E-state index in [-0.39, 0.29) is 31.1 Å². The first-order chi connectivity index (χ1) is 15.5. The second kappa shape index (κ2) is 15.0. The highest BCUT2D eigenvalue weighted by Gasteiger charge is 2.32. The third-order valence-corrected chi connectivity index (χ3v) is 5.05. The predicted molar refractivity (Wildman–Crippen MR) is 131 cm³/mol. The Labute approximate surface area is 193 Å². The first kappa shape index (κ1) is 27.2.